The van der Waals surface area contributed by atoms with Crippen molar-refractivity contribution in [2.45, 2.75) is 31.4 Å². The van der Waals surface area contributed by atoms with Crippen molar-refractivity contribution in [1.82, 2.24) is 4.98 Å². The number of rotatable bonds is 4. The van der Waals surface area contributed by atoms with E-state index in [1.54, 1.807) is 13.3 Å². The fraction of sp³-hybridized carbons (Fsp3) is 0.545. The van der Waals surface area contributed by atoms with Crippen molar-refractivity contribution in [2.75, 3.05) is 12.4 Å². The number of nitrogens with zero attached hydrogens (tertiary/aromatic N) is 2. The van der Waals surface area contributed by atoms with Crippen molar-refractivity contribution in [2.24, 2.45) is 0 Å². The van der Waals surface area contributed by atoms with Crippen LogP contribution in [-0.2, 0) is 4.74 Å². The lowest BCUT2D eigenvalue weighted by Gasteiger charge is -2.21. The van der Waals surface area contributed by atoms with Crippen LogP contribution in [0.4, 0.5) is 11.4 Å². The molecule has 0 saturated heterocycles. The molecule has 0 aliphatic heterocycles. The summed E-state index contributed by atoms with van der Waals surface area (Å²) >= 11 is 3.29. The summed E-state index contributed by atoms with van der Waals surface area (Å²) in [4.78, 5) is 14.4. The van der Waals surface area contributed by atoms with Crippen LogP contribution in [0.5, 0.6) is 0 Å². The molecule has 0 radical (unpaired) electrons. The zero-order valence-corrected chi connectivity index (χ0v) is 11.5. The van der Waals surface area contributed by atoms with Gasteiger partial charge in [0.05, 0.1) is 21.5 Å². The lowest BCUT2D eigenvalue weighted by Crippen LogP contribution is -2.30. The van der Waals surface area contributed by atoms with E-state index in [4.69, 9.17) is 4.74 Å². The van der Waals surface area contributed by atoms with Crippen LogP contribution in [0.15, 0.2) is 16.9 Å². The first-order valence-electron chi connectivity index (χ1n) is 5.70. The van der Waals surface area contributed by atoms with Gasteiger partial charge in [-0.2, -0.15) is 0 Å². The monoisotopic (exact) mass is 315 g/mol. The molecule has 1 saturated carbocycles. The molecule has 1 heterocycles. The SMILES string of the molecule is COC1CCCC1Nc1c(Br)cncc1[N+](=O)[O-]. The van der Waals surface area contributed by atoms with E-state index in [9.17, 15) is 10.1 Å². The molecular weight excluding hydrogens is 302 g/mol. The molecule has 18 heavy (non-hydrogen) atoms. The zero-order valence-electron chi connectivity index (χ0n) is 9.93. The van der Waals surface area contributed by atoms with Crippen molar-refractivity contribution in [3.63, 3.8) is 0 Å². The first-order valence-corrected chi connectivity index (χ1v) is 6.50. The first kappa shape index (κ1) is 13.2. The number of halogens is 1. The maximum atomic E-state index is 11.0. The predicted molar refractivity (Wildman–Crippen MR) is 70.7 cm³/mol. The topological polar surface area (TPSA) is 77.3 Å². The Morgan fingerprint density at radius 3 is 3.00 bits per heavy atom. The molecular formula is C11H14BrN3O3. The van der Waals surface area contributed by atoms with Crippen LogP contribution in [0.1, 0.15) is 19.3 Å². The fourth-order valence-electron chi connectivity index (χ4n) is 2.26. The van der Waals surface area contributed by atoms with Gasteiger partial charge in [0.2, 0.25) is 0 Å². The minimum absolute atomic E-state index is 0.0221. The number of hydrogen-bond donors (Lipinski definition) is 1. The van der Waals surface area contributed by atoms with Gasteiger partial charge in [0, 0.05) is 13.3 Å². The van der Waals surface area contributed by atoms with E-state index in [1.165, 1.54) is 6.20 Å². The van der Waals surface area contributed by atoms with Crippen molar-refractivity contribution in [3.8, 4) is 0 Å². The first-order chi connectivity index (χ1) is 8.63. The summed E-state index contributed by atoms with van der Waals surface area (Å²) < 4.78 is 5.97. The minimum Gasteiger partial charge on any atom is -0.379 e. The average Bonchev–Trinajstić information content (AvgIpc) is 2.78. The molecule has 6 nitrogen and oxygen atoms in total. The van der Waals surface area contributed by atoms with E-state index in [0.29, 0.717) is 10.2 Å². The number of nitro groups is 1. The van der Waals surface area contributed by atoms with Crippen molar-refractivity contribution in [3.05, 3.63) is 27.0 Å². The maximum Gasteiger partial charge on any atom is 0.311 e. The molecule has 2 atom stereocenters. The van der Waals surface area contributed by atoms with Crippen molar-refractivity contribution < 1.29 is 9.66 Å². The van der Waals surface area contributed by atoms with Crippen molar-refractivity contribution >= 4 is 27.3 Å². The molecule has 0 spiro atoms. The fourth-order valence-corrected chi connectivity index (χ4v) is 2.70. The molecule has 0 aromatic carbocycles. The molecule has 7 heteroatoms. The highest BCUT2D eigenvalue weighted by Crippen LogP contribution is 2.34. The number of aromatic nitrogens is 1. The van der Waals surface area contributed by atoms with E-state index >= 15 is 0 Å². The second kappa shape index (κ2) is 5.62. The highest BCUT2D eigenvalue weighted by Gasteiger charge is 2.29. The summed E-state index contributed by atoms with van der Waals surface area (Å²) in [5, 5.41) is 14.2. The van der Waals surface area contributed by atoms with Crippen LogP contribution in [0.3, 0.4) is 0 Å². The molecule has 1 aliphatic carbocycles. The van der Waals surface area contributed by atoms with Crippen LogP contribution in [0.2, 0.25) is 0 Å². The molecule has 0 amide bonds. The molecule has 1 aromatic heterocycles. The summed E-state index contributed by atoms with van der Waals surface area (Å²) in [6.07, 6.45) is 5.89. The number of pyridine rings is 1. The lowest BCUT2D eigenvalue weighted by molar-refractivity contribution is -0.384. The third-order valence-corrected chi connectivity index (χ3v) is 3.76. The van der Waals surface area contributed by atoms with Crippen LogP contribution in [0, 0.1) is 10.1 Å². The van der Waals surface area contributed by atoms with E-state index in [1.807, 2.05) is 0 Å². The number of methoxy groups -OCH3 is 1. The Labute approximate surface area is 113 Å². The summed E-state index contributed by atoms with van der Waals surface area (Å²) in [6.45, 7) is 0. The number of hydrogen-bond acceptors (Lipinski definition) is 5. The third-order valence-electron chi connectivity index (χ3n) is 3.16. The zero-order chi connectivity index (χ0) is 13.1. The Hall–Kier alpha value is -1.21. The van der Waals surface area contributed by atoms with E-state index in [-0.39, 0.29) is 17.8 Å². The molecule has 0 bridgehead atoms. The second-order valence-corrected chi connectivity index (χ2v) is 5.08. The Kier molecular flexibility index (Phi) is 4.13. The highest BCUT2D eigenvalue weighted by atomic mass is 79.9. The molecule has 1 fully saturated rings. The summed E-state index contributed by atoms with van der Waals surface area (Å²) in [5.41, 5.74) is 0.454. The molecule has 1 aliphatic rings. The minimum atomic E-state index is -0.434. The van der Waals surface area contributed by atoms with E-state index in [2.05, 4.69) is 26.2 Å². The smallest absolute Gasteiger partial charge is 0.311 e. The quantitative estimate of drug-likeness (QED) is 0.682. The van der Waals surface area contributed by atoms with Crippen molar-refractivity contribution in [1.29, 1.82) is 0 Å². The Morgan fingerprint density at radius 2 is 2.33 bits per heavy atom. The van der Waals surface area contributed by atoms with Gasteiger partial charge in [-0.15, -0.1) is 0 Å². The van der Waals surface area contributed by atoms with Gasteiger partial charge in [-0.25, -0.2) is 0 Å². The molecule has 98 valence electrons. The van der Waals surface area contributed by atoms with Gasteiger partial charge >= 0.3 is 5.69 Å². The Bertz CT molecular complexity index is 455. The summed E-state index contributed by atoms with van der Waals surface area (Å²) in [5.74, 6) is 0. The summed E-state index contributed by atoms with van der Waals surface area (Å²) in [7, 11) is 1.67. The van der Waals surface area contributed by atoms with E-state index in [0.717, 1.165) is 19.3 Å². The Morgan fingerprint density at radius 1 is 1.56 bits per heavy atom. The Balaban J connectivity index is 2.25. The molecule has 2 unspecified atom stereocenters. The summed E-state index contributed by atoms with van der Waals surface area (Å²) in [6, 6.07) is 0.104. The third kappa shape index (κ3) is 2.62. The van der Waals surface area contributed by atoms with Gasteiger partial charge in [-0.3, -0.25) is 15.1 Å². The molecule has 1 aromatic rings. The van der Waals surface area contributed by atoms with E-state index < -0.39 is 4.92 Å². The number of ether oxygens (including phenoxy) is 1. The second-order valence-electron chi connectivity index (χ2n) is 4.23. The van der Waals surface area contributed by atoms with Gasteiger partial charge in [-0.1, -0.05) is 0 Å². The average molecular weight is 316 g/mol. The van der Waals surface area contributed by atoms with Crippen LogP contribution in [0.25, 0.3) is 0 Å². The number of nitrogens with one attached hydrogen (secondary N) is 1. The van der Waals surface area contributed by atoms with Gasteiger partial charge < -0.3 is 10.1 Å². The normalized spacial score (nSPS) is 23.0. The van der Waals surface area contributed by atoms with Crippen LogP contribution in [-0.4, -0.2) is 29.2 Å². The predicted octanol–water partition coefficient (Wildman–Crippen LogP) is 2.73. The molecule has 1 N–H and O–H groups in total. The maximum absolute atomic E-state index is 11.0. The van der Waals surface area contributed by atoms with Crippen LogP contribution < -0.4 is 5.32 Å². The van der Waals surface area contributed by atoms with Crippen LogP contribution >= 0.6 is 15.9 Å². The molecule has 2 rings (SSSR count). The van der Waals surface area contributed by atoms with Gasteiger partial charge in [-0.05, 0) is 35.2 Å². The highest BCUT2D eigenvalue weighted by molar-refractivity contribution is 9.10. The van der Waals surface area contributed by atoms with Gasteiger partial charge in [0.15, 0.2) is 0 Å². The van der Waals surface area contributed by atoms with Gasteiger partial charge in [0.1, 0.15) is 11.9 Å². The standard InChI is InChI=1S/C11H14BrN3O3/c1-18-10-4-2-3-8(10)14-11-7(12)5-13-6-9(11)15(16)17/h5-6,8,10H,2-4H2,1H3,(H,13,14). The largest absolute Gasteiger partial charge is 0.379 e. The number of anilines is 1. The van der Waals surface area contributed by atoms with Gasteiger partial charge in [0.25, 0.3) is 0 Å². The lowest BCUT2D eigenvalue weighted by atomic mass is 10.2.